The summed E-state index contributed by atoms with van der Waals surface area (Å²) in [5.41, 5.74) is 33.6. The van der Waals surface area contributed by atoms with Crippen LogP contribution in [0.1, 0.15) is 5.56 Å². The van der Waals surface area contributed by atoms with Gasteiger partial charge in [-0.3, -0.25) is 0 Å². The van der Waals surface area contributed by atoms with E-state index in [0.29, 0.717) is 11.4 Å². The first kappa shape index (κ1) is 79.1. The molecule has 0 spiro atoms. The Hall–Kier alpha value is -16.3. The van der Waals surface area contributed by atoms with Crippen LogP contribution >= 0.6 is 11.8 Å². The molecule has 0 atom stereocenters. The molecule has 4 aliphatic rings. The van der Waals surface area contributed by atoms with Gasteiger partial charge in [-0.25, -0.2) is 0 Å². The zero-order valence-electron chi connectivity index (χ0n) is 71.6. The van der Waals surface area contributed by atoms with Crippen molar-refractivity contribution in [1.29, 1.82) is 0 Å². The van der Waals surface area contributed by atoms with Crippen LogP contribution in [0, 0.1) is 0 Å². The van der Waals surface area contributed by atoms with Gasteiger partial charge in [0.25, 0.3) is 6.71 Å². The van der Waals surface area contributed by atoms with Gasteiger partial charge in [-0.15, -0.1) is 0 Å². The quantitative estimate of drug-likeness (QED) is 0.0839. The molecule has 4 heterocycles. The smallest absolute Gasteiger partial charge is 0.311 e. The van der Waals surface area contributed by atoms with E-state index in [9.17, 15) is 0 Å². The van der Waals surface area contributed by atoms with Crippen LogP contribution in [-0.4, -0.2) is 13.4 Å². The molecule has 0 fully saturated rings. The van der Waals surface area contributed by atoms with Crippen molar-refractivity contribution >= 4 is 143 Å². The van der Waals surface area contributed by atoms with Crippen molar-refractivity contribution in [2.24, 2.45) is 0 Å². The van der Waals surface area contributed by atoms with Crippen molar-refractivity contribution < 1.29 is 13.2 Å². The first-order chi connectivity index (χ1) is 65.2. The fourth-order valence-electron chi connectivity index (χ4n) is 20.9. The van der Waals surface area contributed by atoms with E-state index in [1.165, 1.54) is 12.1 Å². The predicted molar refractivity (Wildman–Crippen MR) is 548 cm³/mol. The summed E-state index contributed by atoms with van der Waals surface area (Å²) in [4.78, 5) is 13.7. The molecule has 0 unspecified atom stereocenters. The lowest BCUT2D eigenvalue weighted by Gasteiger charge is -2.47. The van der Waals surface area contributed by atoms with E-state index in [4.69, 9.17) is 0 Å². The lowest BCUT2D eigenvalue weighted by atomic mass is 9.31. The molecule has 0 aliphatic carbocycles. The van der Waals surface area contributed by atoms with Crippen LogP contribution in [0.4, 0.5) is 98.5 Å². The summed E-state index contributed by atoms with van der Waals surface area (Å²) < 4.78 is 52.2. The van der Waals surface area contributed by atoms with E-state index in [-0.39, 0.29) is 5.69 Å². The van der Waals surface area contributed by atoms with Crippen LogP contribution in [0.15, 0.2) is 495 Å². The van der Waals surface area contributed by atoms with Gasteiger partial charge in [0, 0.05) is 105 Å². The van der Waals surface area contributed by atoms with E-state index in [0.717, 1.165) is 200 Å². The van der Waals surface area contributed by atoms with Crippen LogP contribution in [0.25, 0.3) is 89.0 Å². The average Bonchev–Trinajstić information content (AvgIpc) is 0.680. The molecule has 0 bridgehead atoms. The van der Waals surface area contributed by atoms with Crippen LogP contribution < -0.4 is 57.3 Å². The third kappa shape index (κ3) is 13.5. The molecule has 0 saturated carbocycles. The predicted octanol–water partition coefficient (Wildman–Crippen LogP) is 29.8. The van der Waals surface area contributed by atoms with Gasteiger partial charge in [0.2, 0.25) is 6.71 Å². The maximum atomic E-state index is 17.4. The molecule has 132 heavy (non-hydrogen) atoms. The largest absolute Gasteiger partial charge is 0.418 e. The Balaban J connectivity index is 0.833. The number of anilines is 15. The lowest BCUT2D eigenvalue weighted by Crippen LogP contribution is -2.64. The second-order valence-corrected chi connectivity index (χ2v) is 35.0. The third-order valence-corrected chi connectivity index (χ3v) is 27.6. The van der Waals surface area contributed by atoms with Gasteiger partial charge in [0.05, 0.1) is 39.7 Å². The Morgan fingerprint density at radius 3 is 0.856 bits per heavy atom. The Kier molecular flexibility index (Phi) is 19.8. The van der Waals surface area contributed by atoms with Crippen LogP contribution in [0.2, 0.25) is 0 Å². The first-order valence-electron chi connectivity index (χ1n) is 44.8. The minimum absolute atomic E-state index is 0.00877. The monoisotopic (exact) mass is 1710 g/mol. The Bertz CT molecular complexity index is 7570. The normalized spacial score (nSPS) is 12.6. The van der Waals surface area contributed by atoms with Crippen molar-refractivity contribution in [3.05, 3.63) is 491 Å². The van der Waals surface area contributed by atoms with E-state index in [2.05, 4.69) is 462 Å². The number of benzene rings is 20. The fourth-order valence-corrected chi connectivity index (χ4v) is 22.1. The molecule has 0 amide bonds. The number of para-hydroxylation sites is 9. The van der Waals surface area contributed by atoms with Gasteiger partial charge in [0.15, 0.2) is 0 Å². The molecule has 0 aromatic heterocycles. The van der Waals surface area contributed by atoms with Crippen LogP contribution in [-0.2, 0) is 6.18 Å². The summed E-state index contributed by atoms with van der Waals surface area (Å²) in [5.74, 6) is 0. The highest BCUT2D eigenvalue weighted by Crippen LogP contribution is 2.59. The summed E-state index contributed by atoms with van der Waals surface area (Å²) in [6, 6.07) is 171. The molecule has 24 rings (SSSR count). The molecule has 622 valence electrons. The van der Waals surface area contributed by atoms with Gasteiger partial charge in [0.1, 0.15) is 0 Å². The van der Waals surface area contributed by atoms with Crippen molar-refractivity contribution in [3.63, 3.8) is 0 Å². The average molecular weight is 1710 g/mol. The number of fused-ring (bicyclic) bond motifs is 8. The van der Waals surface area contributed by atoms with E-state index in [1.807, 2.05) is 23.1 Å². The minimum atomic E-state index is -4.84. The number of nitrogens with zero attached hydrogens (tertiary/aromatic N) is 5. The molecule has 0 saturated heterocycles. The molecule has 0 N–H and O–H groups in total. The molecule has 20 aromatic rings. The maximum absolute atomic E-state index is 17.4. The summed E-state index contributed by atoms with van der Waals surface area (Å²) in [6.07, 6.45) is -4.84. The molecule has 11 heteroatoms. The number of hydrogen-bond donors (Lipinski definition) is 0. The lowest BCUT2D eigenvalue weighted by molar-refractivity contribution is -0.137. The van der Waals surface area contributed by atoms with Gasteiger partial charge in [-0.1, -0.05) is 424 Å². The fraction of sp³-hybridized carbons (Fsp3) is 0.00826. The SMILES string of the molecule is FC(F)(F)c1ccccc1N1c2cc3c(cc2B2c4ccccc4N(c4c(-c5ccccc5)cccc4-c4ccccc4)c4cc(N(c5ccccc5)c5c(-c6ccccc6)cccc5-c5ccccc5)cc1c42)B1c2ccccc2N(c2c(-c4ccccc4)cccc2-c2ccccc2)c2cc(N(c4ccccc4)c4c(-c5ccccc5)cccc4-c4ccccc4)cc(c21)S3. The van der Waals surface area contributed by atoms with Crippen molar-refractivity contribution in [1.82, 2.24) is 0 Å². The minimum Gasteiger partial charge on any atom is -0.311 e. The summed E-state index contributed by atoms with van der Waals surface area (Å²) in [7, 11) is 0. The third-order valence-electron chi connectivity index (χ3n) is 26.5. The summed E-state index contributed by atoms with van der Waals surface area (Å²) in [5, 5.41) is 0. The van der Waals surface area contributed by atoms with Crippen LogP contribution in [0.3, 0.4) is 0 Å². The molecular formula is C121H80B2F3N5S. The highest BCUT2D eigenvalue weighted by Gasteiger charge is 2.50. The zero-order chi connectivity index (χ0) is 87.9. The first-order valence-corrected chi connectivity index (χ1v) is 45.7. The number of hydrogen-bond acceptors (Lipinski definition) is 6. The van der Waals surface area contributed by atoms with Crippen molar-refractivity contribution in [2.75, 3.05) is 24.5 Å². The Morgan fingerprint density at radius 1 is 0.205 bits per heavy atom. The molecule has 4 aliphatic heterocycles. The van der Waals surface area contributed by atoms with Gasteiger partial charge in [-0.05, 0) is 151 Å². The van der Waals surface area contributed by atoms with Crippen LogP contribution in [0.5, 0.6) is 0 Å². The van der Waals surface area contributed by atoms with Gasteiger partial charge >= 0.3 is 6.18 Å². The molecule has 20 aromatic carbocycles. The summed E-state index contributed by atoms with van der Waals surface area (Å²) in [6.45, 7) is -1.05. The molecular weight excluding hydrogens is 1630 g/mol. The number of rotatable bonds is 17. The van der Waals surface area contributed by atoms with E-state index in [1.54, 1.807) is 23.9 Å². The standard InChI is InChI=1S/C121H80B2F3N5S/c124-121(125,126)101-69-31-34-72-106(101)129-109-80-113-105(123-103-71-33-36-74-108(103)131(120-99(87-53-23-7-24-54-87)67-40-68-100(120)88-55-25-8-26-56-88)112-77-92(78-114(132-113)116(112)123)128(90-59-29-10-30-60-90)118-95(83-45-15-3-16-46-83)63-38-64-96(118)84-47-17-4-18-48-84)79-104(109)122-102-70-32-35-73-107(102)130(119-97(85-49-19-5-20-50-85)65-39-66-98(119)86-51-21-6-22-52-86)111-76-91(75-110(129)115(111)122)127(89-57-27-9-28-58-89)117-93(81-41-11-1-12-42-81)61-37-62-94(117)82-43-13-2-14-44-82/h1-80H. The topological polar surface area (TPSA) is 16.2 Å². The number of alkyl halides is 3. The number of halogens is 3. The van der Waals surface area contributed by atoms with Crippen molar-refractivity contribution in [3.8, 4) is 89.0 Å². The Morgan fingerprint density at radius 2 is 0.492 bits per heavy atom. The highest BCUT2D eigenvalue weighted by molar-refractivity contribution is 8.00. The van der Waals surface area contributed by atoms with Gasteiger partial charge in [-0.2, -0.15) is 13.2 Å². The van der Waals surface area contributed by atoms with Gasteiger partial charge < -0.3 is 24.5 Å². The zero-order valence-corrected chi connectivity index (χ0v) is 72.4. The van der Waals surface area contributed by atoms with Crippen molar-refractivity contribution in [2.45, 2.75) is 16.0 Å². The summed E-state index contributed by atoms with van der Waals surface area (Å²) >= 11 is 1.70. The highest BCUT2D eigenvalue weighted by atomic mass is 32.2. The van der Waals surface area contributed by atoms with E-state index < -0.39 is 25.2 Å². The Labute approximate surface area is 771 Å². The molecule has 5 nitrogen and oxygen atoms in total. The molecule has 0 radical (unpaired) electrons. The second-order valence-electron chi connectivity index (χ2n) is 33.9. The maximum Gasteiger partial charge on any atom is 0.418 e. The van der Waals surface area contributed by atoms with E-state index >= 15 is 13.2 Å². The second kappa shape index (κ2) is 33.1.